The van der Waals surface area contributed by atoms with E-state index in [1.54, 1.807) is 0 Å². The van der Waals surface area contributed by atoms with Gasteiger partial charge in [0.25, 0.3) is 0 Å². The third kappa shape index (κ3) is 4.62. The first-order valence-corrected chi connectivity index (χ1v) is 7.08. The van der Waals surface area contributed by atoms with Crippen LogP contribution in [0, 0.1) is 5.92 Å². The Bertz CT molecular complexity index is 424. The fourth-order valence-corrected chi connectivity index (χ4v) is 2.35. The molecule has 0 bridgehead atoms. The zero-order valence-electron chi connectivity index (χ0n) is 12.0. The summed E-state index contributed by atoms with van der Waals surface area (Å²) in [4.78, 5) is 11.4. The fraction of sp³-hybridized carbons (Fsp3) is 0.562. The van der Waals surface area contributed by atoms with Crippen LogP contribution >= 0.6 is 0 Å². The molecule has 110 valence electrons. The predicted molar refractivity (Wildman–Crippen MR) is 75.4 cm³/mol. The lowest BCUT2D eigenvalue weighted by Gasteiger charge is -2.22. The van der Waals surface area contributed by atoms with E-state index < -0.39 is 0 Å². The SMILES string of the molecule is COC(=O)Cc1ccccc1COCC1CCOCC1. The number of rotatable bonds is 6. The minimum absolute atomic E-state index is 0.220. The van der Waals surface area contributed by atoms with Gasteiger partial charge in [-0.1, -0.05) is 24.3 Å². The highest BCUT2D eigenvalue weighted by molar-refractivity contribution is 5.72. The molecule has 4 heteroatoms. The summed E-state index contributed by atoms with van der Waals surface area (Å²) in [6.07, 6.45) is 2.45. The van der Waals surface area contributed by atoms with Crippen molar-refractivity contribution in [3.63, 3.8) is 0 Å². The zero-order valence-corrected chi connectivity index (χ0v) is 12.0. The topological polar surface area (TPSA) is 44.8 Å². The van der Waals surface area contributed by atoms with Gasteiger partial charge in [-0.3, -0.25) is 4.79 Å². The highest BCUT2D eigenvalue weighted by Crippen LogP contribution is 2.17. The molecule has 2 rings (SSSR count). The molecule has 1 aliphatic heterocycles. The third-order valence-electron chi connectivity index (χ3n) is 3.63. The molecule has 0 radical (unpaired) electrons. The summed E-state index contributed by atoms with van der Waals surface area (Å²) < 4.78 is 15.9. The van der Waals surface area contributed by atoms with Crippen LogP contribution in [0.3, 0.4) is 0 Å². The van der Waals surface area contributed by atoms with Crippen molar-refractivity contribution in [2.45, 2.75) is 25.9 Å². The molecular weight excluding hydrogens is 256 g/mol. The van der Waals surface area contributed by atoms with E-state index in [9.17, 15) is 4.79 Å². The average Bonchev–Trinajstić information content (AvgIpc) is 2.50. The fourth-order valence-electron chi connectivity index (χ4n) is 2.35. The van der Waals surface area contributed by atoms with E-state index in [4.69, 9.17) is 14.2 Å². The Morgan fingerprint density at radius 2 is 1.95 bits per heavy atom. The molecule has 0 aliphatic carbocycles. The van der Waals surface area contributed by atoms with Crippen LogP contribution in [0.25, 0.3) is 0 Å². The van der Waals surface area contributed by atoms with Crippen LogP contribution in [0.1, 0.15) is 24.0 Å². The summed E-state index contributed by atoms with van der Waals surface area (Å²) in [7, 11) is 1.41. The Kier molecular flexibility index (Phi) is 6.02. The summed E-state index contributed by atoms with van der Waals surface area (Å²) >= 11 is 0. The Hall–Kier alpha value is -1.39. The summed E-state index contributed by atoms with van der Waals surface area (Å²) in [5.41, 5.74) is 2.04. The van der Waals surface area contributed by atoms with E-state index in [0.717, 1.165) is 43.8 Å². The number of esters is 1. The highest BCUT2D eigenvalue weighted by Gasteiger charge is 2.14. The molecule has 0 spiro atoms. The number of hydrogen-bond donors (Lipinski definition) is 0. The van der Waals surface area contributed by atoms with Gasteiger partial charge in [-0.15, -0.1) is 0 Å². The Morgan fingerprint density at radius 3 is 2.65 bits per heavy atom. The lowest BCUT2D eigenvalue weighted by molar-refractivity contribution is -0.139. The monoisotopic (exact) mass is 278 g/mol. The van der Waals surface area contributed by atoms with Crippen molar-refractivity contribution in [3.05, 3.63) is 35.4 Å². The summed E-state index contributed by atoms with van der Waals surface area (Å²) in [5.74, 6) is 0.374. The zero-order chi connectivity index (χ0) is 14.2. The quantitative estimate of drug-likeness (QED) is 0.749. The van der Waals surface area contributed by atoms with Crippen LogP contribution in [0.2, 0.25) is 0 Å². The first kappa shape index (κ1) is 15.0. The van der Waals surface area contributed by atoms with Crippen LogP contribution in [0.4, 0.5) is 0 Å². The molecule has 1 heterocycles. The molecule has 0 aromatic heterocycles. The largest absolute Gasteiger partial charge is 0.469 e. The van der Waals surface area contributed by atoms with Crippen molar-refractivity contribution in [2.75, 3.05) is 26.9 Å². The lowest BCUT2D eigenvalue weighted by Crippen LogP contribution is -2.20. The number of ether oxygens (including phenoxy) is 3. The van der Waals surface area contributed by atoms with Crippen molar-refractivity contribution in [3.8, 4) is 0 Å². The Balaban J connectivity index is 1.83. The molecule has 1 saturated heterocycles. The standard InChI is InChI=1S/C16H22O4/c1-18-16(17)10-14-4-2-3-5-15(14)12-20-11-13-6-8-19-9-7-13/h2-5,13H,6-12H2,1H3. The molecule has 1 aromatic carbocycles. The number of carbonyl (C=O) groups is 1. The number of benzene rings is 1. The van der Waals surface area contributed by atoms with Crippen LogP contribution in [0.5, 0.6) is 0 Å². The van der Waals surface area contributed by atoms with E-state index in [1.165, 1.54) is 7.11 Å². The van der Waals surface area contributed by atoms with E-state index in [0.29, 0.717) is 18.9 Å². The maximum absolute atomic E-state index is 11.4. The van der Waals surface area contributed by atoms with Gasteiger partial charge in [0.05, 0.1) is 26.7 Å². The molecular formula is C16H22O4. The molecule has 0 atom stereocenters. The maximum atomic E-state index is 11.4. The smallest absolute Gasteiger partial charge is 0.309 e. The minimum Gasteiger partial charge on any atom is -0.469 e. The van der Waals surface area contributed by atoms with Gasteiger partial charge in [0, 0.05) is 13.2 Å². The first-order valence-electron chi connectivity index (χ1n) is 7.08. The van der Waals surface area contributed by atoms with Crippen molar-refractivity contribution < 1.29 is 19.0 Å². The maximum Gasteiger partial charge on any atom is 0.309 e. The van der Waals surface area contributed by atoms with Gasteiger partial charge in [-0.05, 0) is 29.9 Å². The lowest BCUT2D eigenvalue weighted by atomic mass is 10.0. The number of hydrogen-bond acceptors (Lipinski definition) is 4. The van der Waals surface area contributed by atoms with E-state index >= 15 is 0 Å². The average molecular weight is 278 g/mol. The molecule has 1 aromatic rings. The van der Waals surface area contributed by atoms with Gasteiger partial charge in [0.15, 0.2) is 0 Å². The molecule has 20 heavy (non-hydrogen) atoms. The molecule has 0 amide bonds. The van der Waals surface area contributed by atoms with Gasteiger partial charge >= 0.3 is 5.97 Å². The second kappa shape index (κ2) is 8.02. The Morgan fingerprint density at radius 1 is 1.25 bits per heavy atom. The molecule has 0 unspecified atom stereocenters. The van der Waals surface area contributed by atoms with E-state index in [1.807, 2.05) is 24.3 Å². The van der Waals surface area contributed by atoms with Crippen LogP contribution in [-0.4, -0.2) is 32.9 Å². The van der Waals surface area contributed by atoms with Crippen molar-refractivity contribution in [1.82, 2.24) is 0 Å². The molecule has 1 aliphatic rings. The second-order valence-corrected chi connectivity index (χ2v) is 5.09. The molecule has 0 N–H and O–H groups in total. The molecule has 4 nitrogen and oxygen atoms in total. The van der Waals surface area contributed by atoms with Gasteiger partial charge in [0.1, 0.15) is 0 Å². The van der Waals surface area contributed by atoms with Crippen LogP contribution in [-0.2, 0) is 32.0 Å². The third-order valence-corrected chi connectivity index (χ3v) is 3.63. The van der Waals surface area contributed by atoms with Crippen molar-refractivity contribution in [1.29, 1.82) is 0 Å². The van der Waals surface area contributed by atoms with Crippen molar-refractivity contribution >= 4 is 5.97 Å². The van der Waals surface area contributed by atoms with Gasteiger partial charge < -0.3 is 14.2 Å². The van der Waals surface area contributed by atoms with Gasteiger partial charge in [-0.2, -0.15) is 0 Å². The molecule has 1 fully saturated rings. The molecule has 0 saturated carbocycles. The van der Waals surface area contributed by atoms with Crippen LogP contribution < -0.4 is 0 Å². The van der Waals surface area contributed by atoms with Gasteiger partial charge in [-0.25, -0.2) is 0 Å². The number of methoxy groups -OCH3 is 1. The highest BCUT2D eigenvalue weighted by atomic mass is 16.5. The summed E-state index contributed by atoms with van der Waals surface area (Å²) in [6, 6.07) is 7.85. The van der Waals surface area contributed by atoms with Crippen LogP contribution in [0.15, 0.2) is 24.3 Å². The number of carbonyl (C=O) groups excluding carboxylic acids is 1. The predicted octanol–water partition coefficient (Wildman–Crippen LogP) is 2.35. The van der Waals surface area contributed by atoms with E-state index in [-0.39, 0.29) is 5.97 Å². The first-order chi connectivity index (χ1) is 9.79. The van der Waals surface area contributed by atoms with Crippen molar-refractivity contribution in [2.24, 2.45) is 5.92 Å². The normalized spacial score (nSPS) is 16.1. The second-order valence-electron chi connectivity index (χ2n) is 5.09. The summed E-state index contributed by atoms with van der Waals surface area (Å²) in [5, 5.41) is 0. The minimum atomic E-state index is -0.220. The van der Waals surface area contributed by atoms with Gasteiger partial charge in [0.2, 0.25) is 0 Å². The Labute approximate surface area is 120 Å². The summed E-state index contributed by atoms with van der Waals surface area (Å²) in [6.45, 7) is 2.99. The van der Waals surface area contributed by atoms with E-state index in [2.05, 4.69) is 0 Å².